The molecule has 2 heterocycles. The predicted octanol–water partition coefficient (Wildman–Crippen LogP) is 16.2. The third-order valence-corrected chi connectivity index (χ3v) is 11.9. The summed E-state index contributed by atoms with van der Waals surface area (Å²) in [6.45, 7) is 0. The van der Waals surface area contributed by atoms with Gasteiger partial charge in [-0.25, -0.2) is 4.98 Å². The lowest BCUT2D eigenvalue weighted by molar-refractivity contribution is 0.620. The minimum atomic E-state index is 0.623. The van der Waals surface area contributed by atoms with Crippen molar-refractivity contribution in [3.8, 4) is 44.8 Å². The number of benzene rings is 10. The van der Waals surface area contributed by atoms with Crippen LogP contribution < -0.4 is 4.90 Å². The highest BCUT2D eigenvalue weighted by Crippen LogP contribution is 2.44. The number of hydrogen-bond acceptors (Lipinski definition) is 4. The van der Waals surface area contributed by atoms with E-state index < -0.39 is 0 Å². The van der Waals surface area contributed by atoms with Gasteiger partial charge in [-0.2, -0.15) is 0 Å². The maximum Gasteiger partial charge on any atom is 0.227 e. The summed E-state index contributed by atoms with van der Waals surface area (Å²) >= 11 is 0. The van der Waals surface area contributed by atoms with E-state index in [1.54, 1.807) is 0 Å². The molecule has 0 saturated heterocycles. The summed E-state index contributed by atoms with van der Waals surface area (Å²) in [5.41, 5.74) is 14.4. The second-order valence-electron chi connectivity index (χ2n) is 15.5. The molecule has 4 nitrogen and oxygen atoms in total. The van der Waals surface area contributed by atoms with Gasteiger partial charge in [0, 0.05) is 39.0 Å². The first-order chi connectivity index (χ1) is 30.2. The van der Waals surface area contributed by atoms with Crippen LogP contribution in [-0.2, 0) is 0 Å². The average molecular weight is 781 g/mol. The number of rotatable bonds is 7. The van der Waals surface area contributed by atoms with E-state index in [0.717, 1.165) is 88.7 Å². The van der Waals surface area contributed by atoms with E-state index >= 15 is 0 Å². The van der Waals surface area contributed by atoms with Crippen LogP contribution in [0, 0.1) is 0 Å². The van der Waals surface area contributed by atoms with Crippen molar-refractivity contribution < 1.29 is 8.83 Å². The van der Waals surface area contributed by atoms with Gasteiger partial charge in [-0.05, 0) is 122 Å². The summed E-state index contributed by atoms with van der Waals surface area (Å²) in [5, 5.41) is 6.76. The van der Waals surface area contributed by atoms with Gasteiger partial charge in [0.25, 0.3) is 0 Å². The third-order valence-electron chi connectivity index (χ3n) is 11.9. The molecular formula is C57H36N2O2. The molecule has 0 unspecified atom stereocenters. The lowest BCUT2D eigenvalue weighted by atomic mass is 9.93. The molecule has 0 fully saturated rings. The zero-order chi connectivity index (χ0) is 40.3. The Morgan fingerprint density at radius 2 is 0.918 bits per heavy atom. The molecule has 61 heavy (non-hydrogen) atoms. The molecule has 0 radical (unpaired) electrons. The fourth-order valence-electron chi connectivity index (χ4n) is 8.98. The van der Waals surface area contributed by atoms with Crippen molar-refractivity contribution in [1.29, 1.82) is 0 Å². The highest BCUT2D eigenvalue weighted by atomic mass is 16.3. The highest BCUT2D eigenvalue weighted by Gasteiger charge is 2.20. The Balaban J connectivity index is 0.964. The van der Waals surface area contributed by atoms with Crippen molar-refractivity contribution in [3.63, 3.8) is 0 Å². The van der Waals surface area contributed by atoms with E-state index in [9.17, 15) is 0 Å². The topological polar surface area (TPSA) is 42.4 Å². The number of para-hydroxylation sites is 3. The molecule has 2 aromatic heterocycles. The fourth-order valence-corrected chi connectivity index (χ4v) is 8.98. The van der Waals surface area contributed by atoms with Gasteiger partial charge in [-0.3, -0.25) is 0 Å². The monoisotopic (exact) mass is 780 g/mol. The molecule has 0 aliphatic carbocycles. The van der Waals surface area contributed by atoms with Crippen LogP contribution >= 0.6 is 0 Å². The van der Waals surface area contributed by atoms with Crippen LogP contribution in [0.1, 0.15) is 0 Å². The van der Waals surface area contributed by atoms with Crippen molar-refractivity contribution >= 4 is 71.6 Å². The molecule has 286 valence electrons. The molecule has 0 saturated carbocycles. The average Bonchev–Trinajstić information content (AvgIpc) is 3.94. The Labute approximate surface area is 352 Å². The molecule has 4 heteroatoms. The van der Waals surface area contributed by atoms with Crippen LogP contribution in [0.3, 0.4) is 0 Å². The Bertz CT molecular complexity index is 3540. The molecule has 0 aliphatic heterocycles. The molecule has 0 N–H and O–H groups in total. The van der Waals surface area contributed by atoms with Crippen molar-refractivity contribution in [3.05, 3.63) is 218 Å². The molecule has 0 atom stereocenters. The second-order valence-corrected chi connectivity index (χ2v) is 15.5. The van der Waals surface area contributed by atoms with Crippen LogP contribution in [0.15, 0.2) is 227 Å². The number of oxazole rings is 1. The van der Waals surface area contributed by atoms with Gasteiger partial charge < -0.3 is 13.7 Å². The number of fused-ring (bicyclic) bond motifs is 7. The smallest absolute Gasteiger partial charge is 0.227 e. The minimum Gasteiger partial charge on any atom is -0.455 e. The molecule has 0 amide bonds. The Morgan fingerprint density at radius 3 is 1.67 bits per heavy atom. The van der Waals surface area contributed by atoms with Gasteiger partial charge in [0.15, 0.2) is 5.58 Å². The highest BCUT2D eigenvalue weighted by molar-refractivity contribution is 6.23. The summed E-state index contributed by atoms with van der Waals surface area (Å²) in [4.78, 5) is 7.14. The number of furan rings is 1. The third kappa shape index (κ3) is 5.96. The number of anilines is 3. The SMILES string of the molecule is c1ccc(-c2ccc(N(c3ccccc3)c3ccc(-c4cc5ccccc5c5c4oc4ccc(-c6ccc(-c7nc8ccccc8o7)c7ccccc67)cc45)cc3)cc2)cc1. The van der Waals surface area contributed by atoms with E-state index in [4.69, 9.17) is 13.8 Å². The largest absolute Gasteiger partial charge is 0.455 e. The quantitative estimate of drug-likeness (QED) is 0.162. The molecule has 10 aromatic carbocycles. The van der Waals surface area contributed by atoms with E-state index in [1.165, 1.54) is 21.9 Å². The summed E-state index contributed by atoms with van der Waals surface area (Å²) in [7, 11) is 0. The predicted molar refractivity (Wildman–Crippen MR) is 253 cm³/mol. The second kappa shape index (κ2) is 14.3. The van der Waals surface area contributed by atoms with E-state index in [1.807, 2.05) is 24.3 Å². The van der Waals surface area contributed by atoms with Gasteiger partial charge in [0.05, 0.1) is 0 Å². The van der Waals surface area contributed by atoms with Crippen LogP contribution in [0.25, 0.3) is 99.4 Å². The van der Waals surface area contributed by atoms with Crippen LogP contribution in [0.2, 0.25) is 0 Å². The lowest BCUT2D eigenvalue weighted by Crippen LogP contribution is -2.09. The Kier molecular flexibility index (Phi) is 8.13. The van der Waals surface area contributed by atoms with Crippen LogP contribution in [-0.4, -0.2) is 4.98 Å². The standard InChI is InChI=1S/C57H36N2O2/c1-3-13-37(14-4-1)38-23-28-43(29-24-38)59(42-16-5-2-6-17-42)44-30-25-39(26-31-44)50-35-40-15-7-8-18-46(40)55-51-36-41(27-34-53(51)60-56(50)55)45-32-33-49(48-20-10-9-19-47(45)48)57-58-52-21-11-12-22-54(52)61-57/h1-36H. The van der Waals surface area contributed by atoms with Gasteiger partial charge in [-0.15, -0.1) is 0 Å². The van der Waals surface area contributed by atoms with Crippen molar-refractivity contribution in [2.24, 2.45) is 0 Å². The van der Waals surface area contributed by atoms with Crippen LogP contribution in [0.4, 0.5) is 17.1 Å². The van der Waals surface area contributed by atoms with Gasteiger partial charge in [-0.1, -0.05) is 146 Å². The molecular weight excluding hydrogens is 745 g/mol. The number of hydrogen-bond donors (Lipinski definition) is 0. The minimum absolute atomic E-state index is 0.623. The summed E-state index contributed by atoms with van der Waals surface area (Å²) in [5.74, 6) is 0.623. The molecule has 0 spiro atoms. The zero-order valence-electron chi connectivity index (χ0n) is 33.0. The van der Waals surface area contributed by atoms with Gasteiger partial charge in [0.1, 0.15) is 16.7 Å². The Morgan fingerprint density at radius 1 is 0.344 bits per heavy atom. The molecule has 12 aromatic rings. The van der Waals surface area contributed by atoms with Gasteiger partial charge >= 0.3 is 0 Å². The molecule has 0 bridgehead atoms. The van der Waals surface area contributed by atoms with Gasteiger partial charge in [0.2, 0.25) is 5.89 Å². The fraction of sp³-hybridized carbons (Fsp3) is 0. The van der Waals surface area contributed by atoms with Crippen molar-refractivity contribution in [1.82, 2.24) is 4.98 Å². The van der Waals surface area contributed by atoms with Crippen LogP contribution in [0.5, 0.6) is 0 Å². The number of nitrogens with zero attached hydrogens (tertiary/aromatic N) is 2. The zero-order valence-corrected chi connectivity index (χ0v) is 33.0. The summed E-state index contributed by atoms with van der Waals surface area (Å²) < 4.78 is 13.1. The van der Waals surface area contributed by atoms with E-state index in [0.29, 0.717) is 5.89 Å². The Hall–Kier alpha value is -8.21. The molecule has 12 rings (SSSR count). The first kappa shape index (κ1) is 34.8. The normalized spacial score (nSPS) is 11.6. The number of aromatic nitrogens is 1. The van der Waals surface area contributed by atoms with E-state index in [-0.39, 0.29) is 0 Å². The lowest BCUT2D eigenvalue weighted by Gasteiger charge is -2.26. The first-order valence-electron chi connectivity index (χ1n) is 20.6. The summed E-state index contributed by atoms with van der Waals surface area (Å²) in [6.07, 6.45) is 0. The maximum absolute atomic E-state index is 6.86. The first-order valence-corrected chi connectivity index (χ1v) is 20.6. The van der Waals surface area contributed by atoms with Crippen molar-refractivity contribution in [2.45, 2.75) is 0 Å². The summed E-state index contributed by atoms with van der Waals surface area (Å²) in [6, 6.07) is 77.0. The van der Waals surface area contributed by atoms with E-state index in [2.05, 4.69) is 199 Å². The molecule has 0 aliphatic rings. The maximum atomic E-state index is 6.86. The van der Waals surface area contributed by atoms with Crippen molar-refractivity contribution in [2.75, 3.05) is 4.90 Å².